The van der Waals surface area contributed by atoms with Crippen LogP contribution in [0.25, 0.3) is 0 Å². The Kier molecular flexibility index (Phi) is 5.17. The lowest BCUT2D eigenvalue weighted by atomic mass is 10.1. The molecule has 0 atom stereocenters. The molecule has 1 amide bonds. The van der Waals surface area contributed by atoms with E-state index in [4.69, 9.17) is 9.84 Å². The van der Waals surface area contributed by atoms with Gasteiger partial charge in [-0.15, -0.1) is 0 Å². The van der Waals surface area contributed by atoms with Gasteiger partial charge in [0.15, 0.2) is 0 Å². The fourth-order valence-electron chi connectivity index (χ4n) is 1.58. The first-order valence-electron chi connectivity index (χ1n) is 5.75. The maximum atomic E-state index is 11.7. The number of carbonyl (C=O) groups is 2. The van der Waals surface area contributed by atoms with Crippen molar-refractivity contribution in [1.29, 1.82) is 0 Å². The van der Waals surface area contributed by atoms with Gasteiger partial charge >= 0.3 is 5.97 Å². The van der Waals surface area contributed by atoms with Crippen molar-refractivity contribution >= 4 is 11.9 Å². The Morgan fingerprint density at radius 1 is 1.39 bits per heavy atom. The number of hydrogen-bond acceptors (Lipinski definition) is 3. The van der Waals surface area contributed by atoms with Gasteiger partial charge in [-0.2, -0.15) is 0 Å². The lowest BCUT2D eigenvalue weighted by molar-refractivity contribution is -0.136. The van der Waals surface area contributed by atoms with Crippen LogP contribution in [0, 0.1) is 0 Å². The Bertz CT molecular complexity index is 443. The van der Waals surface area contributed by atoms with Crippen LogP contribution in [0.15, 0.2) is 18.2 Å². The second-order valence-corrected chi connectivity index (χ2v) is 3.78. The number of hydrogen-bond donors (Lipinski definition) is 2. The molecule has 2 N–H and O–H groups in total. The van der Waals surface area contributed by atoms with Crippen molar-refractivity contribution in [1.82, 2.24) is 5.32 Å². The second kappa shape index (κ2) is 6.64. The van der Waals surface area contributed by atoms with E-state index in [2.05, 4.69) is 5.32 Å². The minimum absolute atomic E-state index is 0.0808. The van der Waals surface area contributed by atoms with Crippen molar-refractivity contribution in [2.75, 3.05) is 13.7 Å². The molecular formula is C13H17NO4. The number of aryl methyl sites for hydroxylation is 1. The van der Waals surface area contributed by atoms with Gasteiger partial charge in [0, 0.05) is 12.1 Å². The second-order valence-electron chi connectivity index (χ2n) is 3.78. The highest BCUT2D eigenvalue weighted by Crippen LogP contribution is 2.20. The Labute approximate surface area is 106 Å². The molecular weight excluding hydrogens is 234 g/mol. The molecule has 0 fully saturated rings. The van der Waals surface area contributed by atoms with Gasteiger partial charge < -0.3 is 15.2 Å². The van der Waals surface area contributed by atoms with E-state index in [1.165, 1.54) is 0 Å². The summed E-state index contributed by atoms with van der Waals surface area (Å²) in [4.78, 5) is 22.1. The molecule has 0 aliphatic heterocycles. The van der Waals surface area contributed by atoms with Crippen molar-refractivity contribution in [3.8, 4) is 5.75 Å². The number of rotatable bonds is 6. The maximum Gasteiger partial charge on any atom is 0.305 e. The van der Waals surface area contributed by atoms with Gasteiger partial charge in [0.25, 0.3) is 5.91 Å². The van der Waals surface area contributed by atoms with Crippen LogP contribution in [0.5, 0.6) is 5.75 Å². The average Bonchev–Trinajstić information content (AvgIpc) is 2.37. The molecule has 5 nitrogen and oxygen atoms in total. The summed E-state index contributed by atoms with van der Waals surface area (Å²) < 4.78 is 5.17. The molecule has 98 valence electrons. The zero-order valence-corrected chi connectivity index (χ0v) is 10.5. The lowest BCUT2D eigenvalue weighted by Crippen LogP contribution is -2.26. The molecule has 0 saturated carbocycles. The predicted octanol–water partition coefficient (Wildman–Crippen LogP) is 1.46. The van der Waals surface area contributed by atoms with Gasteiger partial charge in [-0.25, -0.2) is 0 Å². The number of methoxy groups -OCH3 is 1. The summed E-state index contributed by atoms with van der Waals surface area (Å²) in [5.41, 5.74) is 1.46. The number of carboxylic acids is 1. The molecule has 0 aliphatic carbocycles. The standard InChI is InChI=1S/C13H17NO4/c1-3-9-8-10(4-5-11(9)18-2)13(17)14-7-6-12(15)16/h4-5,8H,3,6-7H2,1-2H3,(H,14,17)(H,15,16). The summed E-state index contributed by atoms with van der Waals surface area (Å²) in [7, 11) is 1.58. The van der Waals surface area contributed by atoms with Crippen LogP contribution < -0.4 is 10.1 Å². The lowest BCUT2D eigenvalue weighted by Gasteiger charge is -2.09. The predicted molar refractivity (Wildman–Crippen MR) is 67.0 cm³/mol. The third-order valence-corrected chi connectivity index (χ3v) is 2.55. The topological polar surface area (TPSA) is 75.6 Å². The number of carbonyl (C=O) groups excluding carboxylic acids is 1. The number of benzene rings is 1. The molecule has 1 aromatic rings. The quantitative estimate of drug-likeness (QED) is 0.802. The molecule has 0 heterocycles. The number of aliphatic carboxylic acids is 1. The van der Waals surface area contributed by atoms with E-state index >= 15 is 0 Å². The number of carboxylic acid groups (broad SMARTS) is 1. The molecule has 5 heteroatoms. The van der Waals surface area contributed by atoms with Crippen LogP contribution >= 0.6 is 0 Å². The van der Waals surface area contributed by atoms with Gasteiger partial charge in [-0.3, -0.25) is 9.59 Å². The van der Waals surface area contributed by atoms with E-state index < -0.39 is 5.97 Å². The largest absolute Gasteiger partial charge is 0.496 e. The van der Waals surface area contributed by atoms with Crippen molar-refractivity contribution in [2.45, 2.75) is 19.8 Å². The summed E-state index contributed by atoms with van der Waals surface area (Å²) in [5, 5.41) is 11.0. The summed E-state index contributed by atoms with van der Waals surface area (Å²) in [6.07, 6.45) is 0.682. The molecule has 0 radical (unpaired) electrons. The van der Waals surface area contributed by atoms with Crippen molar-refractivity contribution in [3.63, 3.8) is 0 Å². The third-order valence-electron chi connectivity index (χ3n) is 2.55. The van der Waals surface area contributed by atoms with Crippen LogP contribution in [0.1, 0.15) is 29.3 Å². The third kappa shape index (κ3) is 3.76. The van der Waals surface area contributed by atoms with Crippen LogP contribution in [0.3, 0.4) is 0 Å². The van der Waals surface area contributed by atoms with Gasteiger partial charge in [0.05, 0.1) is 13.5 Å². The molecule has 0 saturated heterocycles. The van der Waals surface area contributed by atoms with Crippen molar-refractivity contribution in [2.24, 2.45) is 0 Å². The molecule has 0 unspecified atom stereocenters. The highest BCUT2D eigenvalue weighted by atomic mass is 16.5. The summed E-state index contributed by atoms with van der Waals surface area (Å²) in [6.45, 7) is 2.10. The van der Waals surface area contributed by atoms with Crippen LogP contribution in [-0.2, 0) is 11.2 Å². The van der Waals surface area contributed by atoms with Gasteiger partial charge in [0.1, 0.15) is 5.75 Å². The normalized spacial score (nSPS) is 9.89. The first kappa shape index (κ1) is 14.0. The molecule has 0 aromatic heterocycles. The van der Waals surface area contributed by atoms with Crippen molar-refractivity contribution < 1.29 is 19.4 Å². The summed E-state index contributed by atoms with van der Waals surface area (Å²) in [5.74, 6) is -0.451. The smallest absolute Gasteiger partial charge is 0.305 e. The first-order chi connectivity index (χ1) is 8.58. The number of nitrogens with one attached hydrogen (secondary N) is 1. The molecule has 0 aliphatic rings. The SMILES string of the molecule is CCc1cc(C(=O)NCCC(=O)O)ccc1OC. The van der Waals surface area contributed by atoms with Crippen LogP contribution in [0.4, 0.5) is 0 Å². The molecule has 1 rings (SSSR count). The van der Waals surface area contributed by atoms with E-state index in [-0.39, 0.29) is 18.9 Å². The first-order valence-corrected chi connectivity index (χ1v) is 5.75. The molecule has 18 heavy (non-hydrogen) atoms. The van der Waals surface area contributed by atoms with E-state index in [9.17, 15) is 9.59 Å². The van der Waals surface area contributed by atoms with Crippen LogP contribution in [0.2, 0.25) is 0 Å². The molecule has 0 spiro atoms. The van der Waals surface area contributed by atoms with Crippen molar-refractivity contribution in [3.05, 3.63) is 29.3 Å². The number of ether oxygens (including phenoxy) is 1. The fraction of sp³-hybridized carbons (Fsp3) is 0.385. The minimum Gasteiger partial charge on any atom is -0.496 e. The molecule has 0 bridgehead atoms. The average molecular weight is 251 g/mol. The van der Waals surface area contributed by atoms with Gasteiger partial charge in [-0.1, -0.05) is 6.92 Å². The van der Waals surface area contributed by atoms with E-state index in [1.807, 2.05) is 6.92 Å². The molecule has 1 aromatic carbocycles. The van der Waals surface area contributed by atoms with Gasteiger partial charge in [0.2, 0.25) is 0 Å². The Balaban J connectivity index is 2.71. The highest BCUT2D eigenvalue weighted by molar-refractivity contribution is 5.94. The zero-order chi connectivity index (χ0) is 13.5. The minimum atomic E-state index is -0.931. The monoisotopic (exact) mass is 251 g/mol. The maximum absolute atomic E-state index is 11.7. The number of amides is 1. The highest BCUT2D eigenvalue weighted by Gasteiger charge is 2.09. The Hall–Kier alpha value is -2.04. The van der Waals surface area contributed by atoms with Crippen LogP contribution in [-0.4, -0.2) is 30.6 Å². The zero-order valence-electron chi connectivity index (χ0n) is 10.5. The summed E-state index contributed by atoms with van der Waals surface area (Å²) >= 11 is 0. The Morgan fingerprint density at radius 3 is 2.67 bits per heavy atom. The van der Waals surface area contributed by atoms with E-state index in [0.717, 1.165) is 17.7 Å². The van der Waals surface area contributed by atoms with Gasteiger partial charge in [-0.05, 0) is 30.2 Å². The fourth-order valence-corrected chi connectivity index (χ4v) is 1.58. The summed E-state index contributed by atoms with van der Waals surface area (Å²) in [6, 6.07) is 5.16. The van der Waals surface area contributed by atoms with E-state index in [0.29, 0.717) is 5.56 Å². The Morgan fingerprint density at radius 2 is 2.11 bits per heavy atom. The van der Waals surface area contributed by atoms with E-state index in [1.54, 1.807) is 25.3 Å².